The van der Waals surface area contributed by atoms with Crippen LogP contribution < -0.4 is 5.32 Å². The average molecular weight is 266 g/mol. The van der Waals surface area contributed by atoms with Crippen molar-refractivity contribution >= 4 is 11.3 Å². The van der Waals surface area contributed by atoms with Gasteiger partial charge < -0.3 is 10.1 Å². The van der Waals surface area contributed by atoms with Crippen molar-refractivity contribution in [1.29, 1.82) is 0 Å². The summed E-state index contributed by atoms with van der Waals surface area (Å²) < 4.78 is 5.91. The van der Waals surface area contributed by atoms with Crippen molar-refractivity contribution < 1.29 is 4.74 Å². The lowest BCUT2D eigenvalue weighted by Crippen LogP contribution is -2.18. The molecule has 4 heteroatoms. The molecule has 2 saturated heterocycles. The van der Waals surface area contributed by atoms with Crippen LogP contribution in [-0.2, 0) is 11.3 Å². The molecule has 3 rings (SSSR count). The van der Waals surface area contributed by atoms with Crippen molar-refractivity contribution in [2.45, 2.75) is 57.8 Å². The number of ether oxygens (including phenoxy) is 1. The predicted octanol–water partition coefficient (Wildman–Crippen LogP) is 2.92. The van der Waals surface area contributed by atoms with E-state index in [0.29, 0.717) is 24.0 Å². The summed E-state index contributed by atoms with van der Waals surface area (Å²) in [5.74, 6) is 1.28. The molecule has 0 radical (unpaired) electrons. The fraction of sp³-hybridized carbons (Fsp3) is 0.786. The maximum absolute atomic E-state index is 5.91. The van der Waals surface area contributed by atoms with Crippen LogP contribution in [0.3, 0.4) is 0 Å². The normalized spacial score (nSPS) is 30.5. The molecular formula is C14H22N2OS. The summed E-state index contributed by atoms with van der Waals surface area (Å²) in [5.41, 5.74) is 0. The number of nitrogens with zero attached hydrogens (tertiary/aromatic N) is 1. The highest BCUT2D eigenvalue weighted by atomic mass is 32.1. The van der Waals surface area contributed by atoms with Crippen LogP contribution in [0.15, 0.2) is 6.20 Å². The highest BCUT2D eigenvalue weighted by Crippen LogP contribution is 2.45. The molecule has 0 aliphatic carbocycles. The Bertz CT molecular complexity index is 404. The third kappa shape index (κ3) is 2.60. The molecular weight excluding hydrogens is 244 g/mol. The quantitative estimate of drug-likeness (QED) is 0.890. The SMILES string of the molecule is CC(C)CNCc1cnc(C2CC3CCC2O3)s1. The molecule has 1 aromatic heterocycles. The molecule has 1 N–H and O–H groups in total. The van der Waals surface area contributed by atoms with Gasteiger partial charge in [-0.3, -0.25) is 0 Å². The predicted molar refractivity (Wildman–Crippen MR) is 73.9 cm³/mol. The Balaban J connectivity index is 1.56. The fourth-order valence-corrected chi connectivity index (χ4v) is 4.01. The van der Waals surface area contributed by atoms with Gasteiger partial charge in [0, 0.05) is 23.5 Å². The van der Waals surface area contributed by atoms with E-state index < -0.39 is 0 Å². The number of thiazole rings is 1. The standard InChI is InChI=1S/C14H22N2OS/c1-9(2)6-15-7-11-8-16-14(18-11)12-5-10-3-4-13(12)17-10/h8-10,12-13,15H,3-7H2,1-2H3. The highest BCUT2D eigenvalue weighted by molar-refractivity contribution is 7.11. The minimum atomic E-state index is 0.456. The summed E-state index contributed by atoms with van der Waals surface area (Å²) in [4.78, 5) is 5.97. The molecule has 100 valence electrons. The number of rotatable bonds is 5. The van der Waals surface area contributed by atoms with Crippen molar-refractivity contribution in [3.8, 4) is 0 Å². The van der Waals surface area contributed by atoms with Gasteiger partial charge in [-0.25, -0.2) is 4.98 Å². The van der Waals surface area contributed by atoms with Gasteiger partial charge in [0.1, 0.15) is 0 Å². The van der Waals surface area contributed by atoms with Gasteiger partial charge in [-0.05, 0) is 31.7 Å². The van der Waals surface area contributed by atoms with Crippen LogP contribution in [0, 0.1) is 5.92 Å². The van der Waals surface area contributed by atoms with E-state index in [9.17, 15) is 0 Å². The molecule has 0 saturated carbocycles. The van der Waals surface area contributed by atoms with Crippen molar-refractivity contribution in [2.75, 3.05) is 6.54 Å². The molecule has 0 spiro atoms. The third-order valence-corrected chi connectivity index (χ3v) is 4.98. The first kappa shape index (κ1) is 12.6. The Kier molecular flexibility index (Phi) is 3.68. The lowest BCUT2D eigenvalue weighted by atomic mass is 9.90. The first-order valence-electron chi connectivity index (χ1n) is 7.03. The van der Waals surface area contributed by atoms with E-state index in [4.69, 9.17) is 4.74 Å². The largest absolute Gasteiger partial charge is 0.374 e. The van der Waals surface area contributed by atoms with E-state index in [-0.39, 0.29) is 0 Å². The summed E-state index contributed by atoms with van der Waals surface area (Å²) in [7, 11) is 0. The molecule has 3 atom stereocenters. The zero-order valence-corrected chi connectivity index (χ0v) is 12.0. The Labute approximate surface area is 113 Å². The van der Waals surface area contributed by atoms with Gasteiger partial charge in [-0.15, -0.1) is 11.3 Å². The van der Waals surface area contributed by atoms with Gasteiger partial charge in [0.15, 0.2) is 0 Å². The molecule has 2 aliphatic rings. The number of hydrogen-bond donors (Lipinski definition) is 1. The van der Waals surface area contributed by atoms with E-state index in [2.05, 4.69) is 24.1 Å². The summed E-state index contributed by atoms with van der Waals surface area (Å²) in [6, 6.07) is 0. The molecule has 18 heavy (non-hydrogen) atoms. The first-order valence-corrected chi connectivity index (χ1v) is 7.85. The third-order valence-electron chi connectivity index (χ3n) is 3.85. The Morgan fingerprint density at radius 1 is 1.50 bits per heavy atom. The molecule has 1 aromatic rings. The second-order valence-corrected chi connectivity index (χ2v) is 7.05. The summed E-state index contributed by atoms with van der Waals surface area (Å²) in [6.07, 6.45) is 6.70. The summed E-state index contributed by atoms with van der Waals surface area (Å²) in [6.45, 7) is 6.50. The zero-order chi connectivity index (χ0) is 12.5. The molecule has 2 bridgehead atoms. The molecule has 0 aromatic carbocycles. The average Bonchev–Trinajstić information content (AvgIpc) is 3.03. The molecule has 2 aliphatic heterocycles. The van der Waals surface area contributed by atoms with Gasteiger partial charge in [0.05, 0.1) is 17.2 Å². The van der Waals surface area contributed by atoms with Gasteiger partial charge in [-0.2, -0.15) is 0 Å². The molecule has 3 nitrogen and oxygen atoms in total. The maximum atomic E-state index is 5.91. The van der Waals surface area contributed by atoms with Crippen molar-refractivity contribution in [3.05, 3.63) is 16.1 Å². The Morgan fingerprint density at radius 2 is 2.39 bits per heavy atom. The van der Waals surface area contributed by atoms with E-state index in [1.807, 2.05) is 17.5 Å². The van der Waals surface area contributed by atoms with Gasteiger partial charge in [0.2, 0.25) is 0 Å². The summed E-state index contributed by atoms with van der Waals surface area (Å²) in [5, 5.41) is 4.77. The van der Waals surface area contributed by atoms with Crippen LogP contribution in [0.5, 0.6) is 0 Å². The lowest BCUT2D eigenvalue weighted by Gasteiger charge is -2.15. The molecule has 2 fully saturated rings. The first-order chi connectivity index (χ1) is 8.72. The number of fused-ring (bicyclic) bond motifs is 2. The van der Waals surface area contributed by atoms with Crippen molar-refractivity contribution in [3.63, 3.8) is 0 Å². The van der Waals surface area contributed by atoms with Gasteiger partial charge in [0.25, 0.3) is 0 Å². The van der Waals surface area contributed by atoms with Crippen LogP contribution in [0.1, 0.15) is 48.9 Å². The van der Waals surface area contributed by atoms with Crippen LogP contribution in [0.25, 0.3) is 0 Å². The monoisotopic (exact) mass is 266 g/mol. The van der Waals surface area contributed by atoms with E-state index in [1.165, 1.54) is 29.1 Å². The van der Waals surface area contributed by atoms with Crippen LogP contribution in [-0.4, -0.2) is 23.7 Å². The van der Waals surface area contributed by atoms with E-state index >= 15 is 0 Å². The van der Waals surface area contributed by atoms with Crippen molar-refractivity contribution in [2.24, 2.45) is 5.92 Å². The lowest BCUT2D eigenvalue weighted by molar-refractivity contribution is 0.101. The smallest absolute Gasteiger partial charge is 0.0986 e. The van der Waals surface area contributed by atoms with E-state index in [0.717, 1.165) is 13.1 Å². The van der Waals surface area contributed by atoms with Crippen LogP contribution in [0.2, 0.25) is 0 Å². The fourth-order valence-electron chi connectivity index (χ4n) is 2.96. The van der Waals surface area contributed by atoms with Crippen molar-refractivity contribution in [1.82, 2.24) is 10.3 Å². The van der Waals surface area contributed by atoms with Gasteiger partial charge in [-0.1, -0.05) is 13.8 Å². The van der Waals surface area contributed by atoms with Gasteiger partial charge >= 0.3 is 0 Å². The molecule has 3 heterocycles. The van der Waals surface area contributed by atoms with E-state index in [1.54, 1.807) is 0 Å². The Morgan fingerprint density at radius 3 is 3.06 bits per heavy atom. The minimum Gasteiger partial charge on any atom is -0.374 e. The number of nitrogens with one attached hydrogen (secondary N) is 1. The Hall–Kier alpha value is -0.450. The second-order valence-electron chi connectivity index (χ2n) is 5.91. The zero-order valence-electron chi connectivity index (χ0n) is 11.2. The van der Waals surface area contributed by atoms with Crippen LogP contribution in [0.4, 0.5) is 0 Å². The highest BCUT2D eigenvalue weighted by Gasteiger charge is 2.42. The second kappa shape index (κ2) is 5.27. The number of hydrogen-bond acceptors (Lipinski definition) is 4. The molecule has 0 amide bonds. The maximum Gasteiger partial charge on any atom is 0.0986 e. The molecule has 3 unspecified atom stereocenters. The number of aromatic nitrogens is 1. The topological polar surface area (TPSA) is 34.2 Å². The minimum absolute atomic E-state index is 0.456. The summed E-state index contributed by atoms with van der Waals surface area (Å²) >= 11 is 1.87. The van der Waals surface area contributed by atoms with Crippen LogP contribution >= 0.6 is 11.3 Å².